The molecule has 7 atom stereocenters. The largest absolute Gasteiger partial charge is 0.466 e. The molecule has 0 radical (unpaired) electrons. The van der Waals surface area contributed by atoms with E-state index >= 15 is 0 Å². The lowest BCUT2D eigenvalue weighted by Crippen LogP contribution is -2.59. The number of fused-ring (bicyclic) bond motifs is 1. The molecule has 35 heavy (non-hydrogen) atoms. The van der Waals surface area contributed by atoms with E-state index in [9.17, 15) is 19.5 Å². The molecule has 0 saturated carbocycles. The highest BCUT2D eigenvalue weighted by atomic mass is 16.6. The molecule has 2 bridgehead atoms. The van der Waals surface area contributed by atoms with E-state index in [1.54, 1.807) is 22.8 Å². The quantitative estimate of drug-likeness (QED) is 0.256. The minimum Gasteiger partial charge on any atom is -0.466 e. The van der Waals surface area contributed by atoms with Crippen LogP contribution in [-0.2, 0) is 23.9 Å². The summed E-state index contributed by atoms with van der Waals surface area (Å²) in [5, 5.41) is 10.3. The highest BCUT2D eigenvalue weighted by Crippen LogP contribution is 2.65. The van der Waals surface area contributed by atoms with Crippen LogP contribution in [0.2, 0.25) is 0 Å². The lowest BCUT2D eigenvalue weighted by molar-refractivity contribution is -0.164. The van der Waals surface area contributed by atoms with E-state index in [4.69, 9.17) is 9.47 Å². The van der Waals surface area contributed by atoms with Crippen molar-refractivity contribution in [3.8, 4) is 0 Å². The van der Waals surface area contributed by atoms with Gasteiger partial charge in [-0.1, -0.05) is 46.6 Å². The van der Waals surface area contributed by atoms with Crippen molar-refractivity contribution in [3.05, 3.63) is 12.7 Å². The average molecular weight is 493 g/mol. The molecule has 8 nitrogen and oxygen atoms in total. The molecule has 3 aliphatic heterocycles. The van der Waals surface area contributed by atoms with E-state index in [-0.39, 0.29) is 36.9 Å². The third-order valence-corrected chi connectivity index (χ3v) is 8.53. The van der Waals surface area contributed by atoms with Crippen LogP contribution in [0.5, 0.6) is 0 Å². The number of rotatable bonds is 12. The first-order valence-electron chi connectivity index (χ1n) is 13.2. The second-order valence-electron chi connectivity index (χ2n) is 11.0. The highest BCUT2D eigenvalue weighted by molar-refractivity contribution is 5.98. The van der Waals surface area contributed by atoms with Gasteiger partial charge >= 0.3 is 5.97 Å². The van der Waals surface area contributed by atoms with E-state index < -0.39 is 41.1 Å². The molecule has 2 amide bonds. The fourth-order valence-corrected chi connectivity index (χ4v) is 6.70. The number of ether oxygens (including phenoxy) is 2. The second kappa shape index (κ2) is 10.6. The molecule has 3 aliphatic rings. The van der Waals surface area contributed by atoms with Gasteiger partial charge in [-0.15, -0.1) is 6.58 Å². The van der Waals surface area contributed by atoms with Crippen molar-refractivity contribution in [2.24, 2.45) is 23.7 Å². The number of hydrogen-bond donors (Lipinski definition) is 1. The first kappa shape index (κ1) is 27.7. The SMILES string of the molecule is C=CCN(CCCCC)C(=O)C1N([C@@H](CO)C(C)C)C(=O)[C@@H]2[C@@H](C(=O)OCC)[C@]3(C)OC12CC3C. The van der Waals surface area contributed by atoms with E-state index in [1.807, 2.05) is 27.7 Å². The van der Waals surface area contributed by atoms with Gasteiger partial charge in [0.15, 0.2) is 0 Å². The summed E-state index contributed by atoms with van der Waals surface area (Å²) in [5.74, 6) is -2.69. The number of likely N-dealkylation sites (tertiary alicyclic amines) is 1. The predicted octanol–water partition coefficient (Wildman–Crippen LogP) is 2.78. The summed E-state index contributed by atoms with van der Waals surface area (Å²) < 4.78 is 12.1. The summed E-state index contributed by atoms with van der Waals surface area (Å²) in [7, 11) is 0. The van der Waals surface area contributed by atoms with Crippen molar-refractivity contribution >= 4 is 17.8 Å². The van der Waals surface area contributed by atoms with Crippen LogP contribution in [0.1, 0.15) is 67.2 Å². The Balaban J connectivity index is 2.13. The Morgan fingerprint density at radius 2 is 2.03 bits per heavy atom. The van der Waals surface area contributed by atoms with Crippen molar-refractivity contribution in [2.45, 2.75) is 90.5 Å². The van der Waals surface area contributed by atoms with E-state index in [2.05, 4.69) is 13.5 Å². The van der Waals surface area contributed by atoms with E-state index in [1.165, 1.54) is 0 Å². The maximum absolute atomic E-state index is 14.3. The Kier molecular flexibility index (Phi) is 8.37. The molecule has 3 unspecified atom stereocenters. The Labute approximate surface area is 210 Å². The van der Waals surface area contributed by atoms with Crippen molar-refractivity contribution in [3.63, 3.8) is 0 Å². The van der Waals surface area contributed by atoms with Gasteiger partial charge in [-0.05, 0) is 38.5 Å². The zero-order valence-electron chi connectivity index (χ0n) is 22.3. The highest BCUT2D eigenvalue weighted by Gasteiger charge is 2.80. The third kappa shape index (κ3) is 4.31. The maximum atomic E-state index is 14.3. The molecule has 8 heteroatoms. The Morgan fingerprint density at radius 3 is 2.57 bits per heavy atom. The molecule has 1 spiro atoms. The van der Waals surface area contributed by atoms with Crippen molar-refractivity contribution in [1.82, 2.24) is 9.80 Å². The first-order valence-corrected chi connectivity index (χ1v) is 13.2. The van der Waals surface area contributed by atoms with Gasteiger partial charge < -0.3 is 24.4 Å². The van der Waals surface area contributed by atoms with Crippen LogP contribution in [0.3, 0.4) is 0 Å². The van der Waals surface area contributed by atoms with Gasteiger partial charge in [0.2, 0.25) is 11.8 Å². The van der Waals surface area contributed by atoms with Crippen molar-refractivity contribution in [1.29, 1.82) is 0 Å². The lowest BCUT2D eigenvalue weighted by atomic mass is 9.62. The number of nitrogens with zero attached hydrogens (tertiary/aromatic N) is 2. The second-order valence-corrected chi connectivity index (χ2v) is 11.0. The molecule has 3 fully saturated rings. The Bertz CT molecular complexity index is 830. The topological polar surface area (TPSA) is 96.4 Å². The number of amides is 2. The minimum atomic E-state index is -1.13. The molecular weight excluding hydrogens is 448 g/mol. The number of unbranched alkanes of at least 4 members (excludes halogenated alkanes) is 2. The number of aliphatic hydroxyl groups is 1. The monoisotopic (exact) mass is 492 g/mol. The number of hydrogen-bond acceptors (Lipinski definition) is 6. The van der Waals surface area contributed by atoms with Crippen LogP contribution in [0, 0.1) is 23.7 Å². The number of carbonyl (C=O) groups excluding carboxylic acids is 3. The maximum Gasteiger partial charge on any atom is 0.312 e. The predicted molar refractivity (Wildman–Crippen MR) is 132 cm³/mol. The molecule has 3 heterocycles. The van der Waals surface area contributed by atoms with Gasteiger partial charge in [0, 0.05) is 13.1 Å². The molecule has 0 aliphatic carbocycles. The van der Waals surface area contributed by atoms with Crippen LogP contribution in [0.15, 0.2) is 12.7 Å². The van der Waals surface area contributed by atoms with Gasteiger partial charge in [0.1, 0.15) is 17.6 Å². The number of aliphatic hydroxyl groups excluding tert-OH is 1. The smallest absolute Gasteiger partial charge is 0.312 e. The third-order valence-electron chi connectivity index (χ3n) is 8.53. The minimum absolute atomic E-state index is 0.0456. The summed E-state index contributed by atoms with van der Waals surface area (Å²) >= 11 is 0. The lowest BCUT2D eigenvalue weighted by Gasteiger charge is -2.40. The first-order chi connectivity index (χ1) is 16.5. The van der Waals surface area contributed by atoms with Crippen LogP contribution in [0.25, 0.3) is 0 Å². The van der Waals surface area contributed by atoms with Crippen molar-refractivity contribution in [2.75, 3.05) is 26.3 Å². The molecule has 0 aromatic rings. The summed E-state index contributed by atoms with van der Waals surface area (Å²) in [6.07, 6.45) is 5.06. The van der Waals surface area contributed by atoms with Gasteiger partial charge in [0.25, 0.3) is 0 Å². The molecule has 3 saturated heterocycles. The molecular formula is C27H44N2O6. The summed E-state index contributed by atoms with van der Waals surface area (Å²) in [4.78, 5) is 44.9. The van der Waals surface area contributed by atoms with Gasteiger partial charge in [-0.2, -0.15) is 0 Å². The van der Waals surface area contributed by atoms with Crippen LogP contribution in [-0.4, -0.2) is 82.3 Å². The molecule has 0 aromatic heterocycles. The number of carbonyl (C=O) groups is 3. The fourth-order valence-electron chi connectivity index (χ4n) is 6.70. The van der Waals surface area contributed by atoms with Crippen molar-refractivity contribution < 1.29 is 29.0 Å². The van der Waals surface area contributed by atoms with E-state index in [0.29, 0.717) is 19.5 Å². The van der Waals surface area contributed by atoms with Gasteiger partial charge in [-0.3, -0.25) is 14.4 Å². The zero-order valence-corrected chi connectivity index (χ0v) is 22.3. The molecule has 0 aromatic carbocycles. The standard InChI is InChI=1S/C27H44N2O6/c1-8-11-12-14-28(13-9-2)24(32)22-27-15-18(6)26(7,35-27)21(25(33)34-10-3)20(27)23(31)29(22)19(16-30)17(4)5/h9,17-22,30H,2,8,10-16H2,1,3-7H3/t18?,19-,20-,21-,22?,26+,27?/m0/s1. The number of esters is 1. The molecule has 1 N–H and O–H groups in total. The molecule has 3 rings (SSSR count). The fraction of sp³-hybridized carbons (Fsp3) is 0.815. The molecule has 198 valence electrons. The van der Waals surface area contributed by atoms with Crippen LogP contribution >= 0.6 is 0 Å². The van der Waals surface area contributed by atoms with Gasteiger partial charge in [0.05, 0.1) is 30.8 Å². The van der Waals surface area contributed by atoms with Crippen LogP contribution in [0.4, 0.5) is 0 Å². The Hall–Kier alpha value is -1.93. The summed E-state index contributed by atoms with van der Waals surface area (Å²) in [6, 6.07) is -1.48. The Morgan fingerprint density at radius 1 is 1.34 bits per heavy atom. The summed E-state index contributed by atoms with van der Waals surface area (Å²) in [5.41, 5.74) is -2.03. The van der Waals surface area contributed by atoms with E-state index in [0.717, 1.165) is 19.3 Å². The zero-order chi connectivity index (χ0) is 26.1. The normalized spacial score (nSPS) is 34.3. The van der Waals surface area contributed by atoms with Gasteiger partial charge in [-0.25, -0.2) is 0 Å². The van der Waals surface area contributed by atoms with Crippen LogP contribution < -0.4 is 0 Å². The summed E-state index contributed by atoms with van der Waals surface area (Å²) in [6.45, 7) is 16.3. The average Bonchev–Trinajstić information content (AvgIpc) is 3.31.